The number of para-hydroxylation sites is 2. The van der Waals surface area contributed by atoms with Crippen molar-refractivity contribution in [3.8, 4) is 5.75 Å². The van der Waals surface area contributed by atoms with Gasteiger partial charge in [0.05, 0.1) is 12.1 Å². The van der Waals surface area contributed by atoms with Gasteiger partial charge in [-0.15, -0.1) is 0 Å². The Balaban J connectivity index is 1.64. The number of carbonyl (C=O) groups is 2. The van der Waals surface area contributed by atoms with Gasteiger partial charge in [0.1, 0.15) is 11.9 Å². The highest BCUT2D eigenvalue weighted by Crippen LogP contribution is 2.33. The van der Waals surface area contributed by atoms with Crippen LogP contribution in [-0.4, -0.2) is 24.5 Å². The number of anilines is 1. The van der Waals surface area contributed by atoms with Gasteiger partial charge in [-0.25, -0.2) is 0 Å². The lowest BCUT2D eigenvalue weighted by molar-refractivity contribution is -0.148. The van der Waals surface area contributed by atoms with Crippen molar-refractivity contribution in [2.45, 2.75) is 32.5 Å². The lowest BCUT2D eigenvalue weighted by atomic mass is 10.1. The fourth-order valence-electron chi connectivity index (χ4n) is 2.92. The number of rotatable bonds is 5. The minimum absolute atomic E-state index is 0.0849. The maximum Gasteiger partial charge on any atom is 0.308 e. The number of fused-ring (bicyclic) bond motifs is 1. The first-order chi connectivity index (χ1) is 12.5. The third-order valence-corrected chi connectivity index (χ3v) is 4.61. The Bertz CT molecular complexity index is 823. The molecule has 1 amide bonds. The minimum atomic E-state index is -0.581. The van der Waals surface area contributed by atoms with E-state index in [9.17, 15) is 9.59 Å². The van der Waals surface area contributed by atoms with Gasteiger partial charge in [-0.2, -0.15) is 0 Å². The van der Waals surface area contributed by atoms with Crippen LogP contribution in [0.15, 0.2) is 48.5 Å². The predicted octanol–water partition coefficient (Wildman–Crippen LogP) is 4.15. The normalized spacial score (nSPS) is 17.3. The lowest BCUT2D eigenvalue weighted by Crippen LogP contribution is -2.45. The maximum absolute atomic E-state index is 12.4. The zero-order chi connectivity index (χ0) is 18.7. The summed E-state index contributed by atoms with van der Waals surface area (Å²) in [6.07, 6.45) is -0.951. The molecule has 0 bridgehead atoms. The zero-order valence-corrected chi connectivity index (χ0v) is 15.4. The molecule has 5 nitrogen and oxygen atoms in total. The van der Waals surface area contributed by atoms with Gasteiger partial charge in [0.2, 0.25) is 0 Å². The van der Waals surface area contributed by atoms with Crippen molar-refractivity contribution in [1.29, 1.82) is 0 Å². The topological polar surface area (TPSA) is 55.8 Å². The zero-order valence-electron chi connectivity index (χ0n) is 14.6. The molecule has 0 unspecified atom stereocenters. The van der Waals surface area contributed by atoms with Crippen LogP contribution in [-0.2, 0) is 14.3 Å². The molecule has 3 rings (SSSR count). The molecule has 2 aromatic carbocycles. The van der Waals surface area contributed by atoms with Gasteiger partial charge in [0.25, 0.3) is 5.91 Å². The number of halogens is 1. The SMILES string of the molecule is C[C@H](OC(=O)CCN1C(=O)[C@@H](C)Oc2ccccc21)c1ccccc1Cl. The van der Waals surface area contributed by atoms with Crippen LogP contribution in [0.2, 0.25) is 5.02 Å². The van der Waals surface area contributed by atoms with E-state index in [1.54, 1.807) is 30.9 Å². The van der Waals surface area contributed by atoms with Crippen molar-refractivity contribution in [1.82, 2.24) is 0 Å². The summed E-state index contributed by atoms with van der Waals surface area (Å²) in [5.74, 6) is 0.0786. The standard InChI is InChI=1S/C20H20ClNO4/c1-13(15-7-3-4-8-16(15)21)26-19(23)11-12-22-17-9-5-6-10-18(17)25-14(2)20(22)24/h3-10,13-14H,11-12H2,1-2H3/t13-,14+/m0/s1. The number of benzene rings is 2. The lowest BCUT2D eigenvalue weighted by Gasteiger charge is -2.32. The maximum atomic E-state index is 12.4. The van der Waals surface area contributed by atoms with Gasteiger partial charge < -0.3 is 14.4 Å². The second-order valence-corrected chi connectivity index (χ2v) is 6.53. The Kier molecular flexibility index (Phi) is 5.47. The second kappa shape index (κ2) is 7.79. The van der Waals surface area contributed by atoms with Crippen LogP contribution >= 0.6 is 11.6 Å². The molecule has 0 aromatic heterocycles. The average molecular weight is 374 g/mol. The molecule has 136 valence electrons. The molecule has 1 heterocycles. The Labute approximate surface area is 157 Å². The van der Waals surface area contributed by atoms with Gasteiger partial charge >= 0.3 is 5.97 Å². The smallest absolute Gasteiger partial charge is 0.308 e. The number of ether oxygens (including phenoxy) is 2. The third kappa shape index (κ3) is 3.83. The van der Waals surface area contributed by atoms with Gasteiger partial charge in [-0.3, -0.25) is 9.59 Å². The molecule has 0 saturated heterocycles. The molecule has 6 heteroatoms. The van der Waals surface area contributed by atoms with Crippen molar-refractivity contribution >= 4 is 29.2 Å². The van der Waals surface area contributed by atoms with Crippen LogP contribution in [0.3, 0.4) is 0 Å². The van der Waals surface area contributed by atoms with Crippen molar-refractivity contribution in [2.24, 2.45) is 0 Å². The molecule has 0 radical (unpaired) electrons. The largest absolute Gasteiger partial charge is 0.479 e. The van der Waals surface area contributed by atoms with Gasteiger partial charge in [-0.1, -0.05) is 41.9 Å². The molecule has 1 aliphatic rings. The first-order valence-corrected chi connectivity index (χ1v) is 8.86. The van der Waals surface area contributed by atoms with E-state index in [1.807, 2.05) is 36.4 Å². The first kappa shape index (κ1) is 18.3. The van der Waals surface area contributed by atoms with Crippen LogP contribution in [0.1, 0.15) is 31.9 Å². The molecule has 0 N–H and O–H groups in total. The number of nitrogens with zero attached hydrogens (tertiary/aromatic N) is 1. The summed E-state index contributed by atoms with van der Waals surface area (Å²) in [6, 6.07) is 14.5. The molecule has 0 fully saturated rings. The van der Waals surface area contributed by atoms with E-state index in [2.05, 4.69) is 0 Å². The molecule has 0 aliphatic carbocycles. The van der Waals surface area contributed by atoms with E-state index >= 15 is 0 Å². The Hall–Kier alpha value is -2.53. The summed E-state index contributed by atoms with van der Waals surface area (Å²) in [7, 11) is 0. The quantitative estimate of drug-likeness (QED) is 0.739. The van der Waals surface area contributed by atoms with E-state index in [-0.39, 0.29) is 24.8 Å². The van der Waals surface area contributed by atoms with E-state index in [0.717, 1.165) is 5.56 Å². The molecule has 1 aliphatic heterocycles. The molecule has 0 saturated carbocycles. The molecule has 0 spiro atoms. The Morgan fingerprint density at radius 1 is 1.23 bits per heavy atom. The van der Waals surface area contributed by atoms with Crippen molar-refractivity contribution < 1.29 is 19.1 Å². The summed E-state index contributed by atoms with van der Waals surface area (Å²) in [4.78, 5) is 26.2. The Morgan fingerprint density at radius 2 is 1.92 bits per heavy atom. The number of amides is 1. The van der Waals surface area contributed by atoms with Crippen LogP contribution in [0.4, 0.5) is 5.69 Å². The summed E-state index contributed by atoms with van der Waals surface area (Å²) < 4.78 is 11.1. The highest BCUT2D eigenvalue weighted by molar-refractivity contribution is 6.31. The van der Waals surface area contributed by atoms with Crippen molar-refractivity contribution in [3.63, 3.8) is 0 Å². The summed E-state index contributed by atoms with van der Waals surface area (Å²) in [5, 5.41) is 0.555. The summed E-state index contributed by atoms with van der Waals surface area (Å²) >= 11 is 6.13. The predicted molar refractivity (Wildman–Crippen MR) is 99.5 cm³/mol. The highest BCUT2D eigenvalue weighted by Gasteiger charge is 2.31. The van der Waals surface area contributed by atoms with Crippen molar-refractivity contribution in [3.05, 3.63) is 59.1 Å². The second-order valence-electron chi connectivity index (χ2n) is 6.12. The average Bonchev–Trinajstić information content (AvgIpc) is 2.62. The van der Waals surface area contributed by atoms with Crippen LogP contribution in [0.5, 0.6) is 5.75 Å². The molecule has 26 heavy (non-hydrogen) atoms. The number of carbonyl (C=O) groups excluding carboxylic acids is 2. The summed E-state index contributed by atoms with van der Waals surface area (Å²) in [5.41, 5.74) is 1.42. The van der Waals surface area contributed by atoms with E-state index in [4.69, 9.17) is 21.1 Å². The highest BCUT2D eigenvalue weighted by atomic mass is 35.5. The van der Waals surface area contributed by atoms with Gasteiger partial charge in [0, 0.05) is 17.1 Å². The monoisotopic (exact) mass is 373 g/mol. The number of esters is 1. The number of hydrogen-bond donors (Lipinski definition) is 0. The van der Waals surface area contributed by atoms with Crippen molar-refractivity contribution in [2.75, 3.05) is 11.4 Å². The first-order valence-electron chi connectivity index (χ1n) is 8.48. The molecular weight excluding hydrogens is 354 g/mol. The third-order valence-electron chi connectivity index (χ3n) is 4.26. The van der Waals surface area contributed by atoms with E-state index in [0.29, 0.717) is 16.5 Å². The van der Waals surface area contributed by atoms with E-state index < -0.39 is 12.2 Å². The van der Waals surface area contributed by atoms with Gasteiger partial charge in [0.15, 0.2) is 6.10 Å². The molecule has 2 atom stereocenters. The van der Waals surface area contributed by atoms with Crippen LogP contribution in [0.25, 0.3) is 0 Å². The Morgan fingerprint density at radius 3 is 2.69 bits per heavy atom. The van der Waals surface area contributed by atoms with Gasteiger partial charge in [-0.05, 0) is 32.0 Å². The van der Waals surface area contributed by atoms with Crippen LogP contribution < -0.4 is 9.64 Å². The summed E-state index contributed by atoms with van der Waals surface area (Å²) in [6.45, 7) is 3.71. The van der Waals surface area contributed by atoms with E-state index in [1.165, 1.54) is 0 Å². The fourth-order valence-corrected chi connectivity index (χ4v) is 3.21. The number of hydrogen-bond acceptors (Lipinski definition) is 4. The molecular formula is C20H20ClNO4. The molecule has 2 aromatic rings. The van der Waals surface area contributed by atoms with Crippen LogP contribution in [0, 0.1) is 0 Å². The minimum Gasteiger partial charge on any atom is -0.479 e. The fraction of sp³-hybridized carbons (Fsp3) is 0.300.